The van der Waals surface area contributed by atoms with Gasteiger partial charge in [-0.3, -0.25) is 14.2 Å². The van der Waals surface area contributed by atoms with Crippen molar-refractivity contribution in [3.05, 3.63) is 63.2 Å². The van der Waals surface area contributed by atoms with Crippen LogP contribution in [0.15, 0.2) is 47.3 Å². The second-order valence-electron chi connectivity index (χ2n) is 7.65. The minimum absolute atomic E-state index is 0.186. The van der Waals surface area contributed by atoms with Crippen molar-refractivity contribution in [1.29, 1.82) is 0 Å². The number of nitrogens with one attached hydrogen (secondary N) is 2. The summed E-state index contributed by atoms with van der Waals surface area (Å²) in [6.07, 6.45) is 0.679. The lowest BCUT2D eigenvalue weighted by atomic mass is 10.1. The fraction of sp³-hybridized carbons (Fsp3) is 0.348. The average Bonchev–Trinajstić information content (AvgIpc) is 2.75. The summed E-state index contributed by atoms with van der Waals surface area (Å²) in [6, 6.07) is 12.2. The van der Waals surface area contributed by atoms with Gasteiger partial charge in [-0.05, 0) is 54.9 Å². The van der Waals surface area contributed by atoms with E-state index in [0.29, 0.717) is 64.8 Å². The van der Waals surface area contributed by atoms with E-state index in [-0.39, 0.29) is 11.5 Å². The molecule has 0 radical (unpaired) electrons. The fourth-order valence-electron chi connectivity index (χ4n) is 3.11. The van der Waals surface area contributed by atoms with Gasteiger partial charge < -0.3 is 19.8 Å². The van der Waals surface area contributed by atoms with Crippen LogP contribution in [0.1, 0.15) is 30.6 Å². The second kappa shape index (κ2) is 10.4. The maximum Gasteiger partial charge on any atom is 0.262 e. The Morgan fingerprint density at radius 2 is 2.00 bits per heavy atom. The number of ether oxygens (including phenoxy) is 2. The number of carbonyl (C=O) groups is 1. The molecule has 1 heterocycles. The molecule has 2 aromatic carbocycles. The SMILES string of the molecule is COCCCn1c(=S)[nH]c2cc(C(=O)Nc3ccccc3OCC(C)C)ccc2c1=O. The Hall–Kier alpha value is -2.97. The zero-order valence-electron chi connectivity index (χ0n) is 17.9. The van der Waals surface area contributed by atoms with E-state index >= 15 is 0 Å². The van der Waals surface area contributed by atoms with Crippen LogP contribution < -0.4 is 15.6 Å². The minimum Gasteiger partial charge on any atom is -0.491 e. The van der Waals surface area contributed by atoms with Gasteiger partial charge in [0.15, 0.2) is 4.77 Å². The van der Waals surface area contributed by atoms with E-state index in [9.17, 15) is 9.59 Å². The molecule has 0 unspecified atom stereocenters. The number of benzene rings is 2. The Morgan fingerprint density at radius 1 is 1.23 bits per heavy atom. The summed E-state index contributed by atoms with van der Waals surface area (Å²) < 4.78 is 12.7. The van der Waals surface area contributed by atoms with Crippen LogP contribution in [0, 0.1) is 10.7 Å². The molecular formula is C23H27N3O4S. The van der Waals surface area contributed by atoms with Gasteiger partial charge in [-0.25, -0.2) is 0 Å². The molecule has 0 saturated carbocycles. The Kier molecular flexibility index (Phi) is 7.59. The van der Waals surface area contributed by atoms with Gasteiger partial charge in [-0.2, -0.15) is 0 Å². The number of amides is 1. The van der Waals surface area contributed by atoms with Crippen LogP contribution in [0.2, 0.25) is 0 Å². The molecule has 0 atom stereocenters. The van der Waals surface area contributed by atoms with Crippen LogP contribution in [-0.4, -0.2) is 35.8 Å². The molecule has 0 saturated heterocycles. The van der Waals surface area contributed by atoms with Crippen molar-refractivity contribution in [1.82, 2.24) is 9.55 Å². The lowest BCUT2D eigenvalue weighted by Gasteiger charge is -2.14. The number of H-pyrrole nitrogens is 1. The fourth-order valence-corrected chi connectivity index (χ4v) is 3.40. The normalized spacial score (nSPS) is 11.1. The topological polar surface area (TPSA) is 85.3 Å². The highest BCUT2D eigenvalue weighted by Gasteiger charge is 2.13. The molecular weight excluding hydrogens is 414 g/mol. The summed E-state index contributed by atoms with van der Waals surface area (Å²) in [6.45, 7) is 5.68. The molecule has 1 amide bonds. The highest BCUT2D eigenvalue weighted by Crippen LogP contribution is 2.25. The van der Waals surface area contributed by atoms with Crippen molar-refractivity contribution in [2.75, 3.05) is 25.6 Å². The van der Waals surface area contributed by atoms with Crippen LogP contribution in [0.5, 0.6) is 5.75 Å². The van der Waals surface area contributed by atoms with Crippen LogP contribution in [0.4, 0.5) is 5.69 Å². The van der Waals surface area contributed by atoms with E-state index in [1.54, 1.807) is 31.4 Å². The summed E-state index contributed by atoms with van der Waals surface area (Å²) in [5, 5.41) is 3.36. The molecule has 0 aliphatic carbocycles. The second-order valence-corrected chi connectivity index (χ2v) is 8.04. The molecule has 3 rings (SSSR count). The van der Waals surface area contributed by atoms with Gasteiger partial charge in [0.25, 0.3) is 11.5 Å². The molecule has 7 nitrogen and oxygen atoms in total. The summed E-state index contributed by atoms with van der Waals surface area (Å²) in [4.78, 5) is 28.7. The van der Waals surface area contributed by atoms with Crippen molar-refractivity contribution in [2.24, 2.45) is 5.92 Å². The molecule has 164 valence electrons. The van der Waals surface area contributed by atoms with E-state index < -0.39 is 0 Å². The van der Waals surface area contributed by atoms with Gasteiger partial charge >= 0.3 is 0 Å². The lowest BCUT2D eigenvalue weighted by Crippen LogP contribution is -2.23. The van der Waals surface area contributed by atoms with Crippen molar-refractivity contribution >= 4 is 34.7 Å². The minimum atomic E-state index is -0.300. The Balaban J connectivity index is 1.85. The molecule has 0 aliphatic rings. The summed E-state index contributed by atoms with van der Waals surface area (Å²) in [5.74, 6) is 0.681. The molecule has 3 aromatic rings. The molecule has 0 spiro atoms. The third kappa shape index (κ3) is 5.59. The highest BCUT2D eigenvalue weighted by atomic mass is 32.1. The zero-order valence-corrected chi connectivity index (χ0v) is 18.8. The van der Waals surface area contributed by atoms with Gasteiger partial charge in [0.2, 0.25) is 0 Å². The molecule has 0 fully saturated rings. The Bertz CT molecular complexity index is 1180. The smallest absolute Gasteiger partial charge is 0.262 e. The number of methoxy groups -OCH3 is 1. The number of fused-ring (bicyclic) bond motifs is 1. The number of hydrogen-bond donors (Lipinski definition) is 2. The summed E-state index contributed by atoms with van der Waals surface area (Å²) >= 11 is 5.35. The maximum atomic E-state index is 12.9. The van der Waals surface area contributed by atoms with Crippen LogP contribution >= 0.6 is 12.2 Å². The molecule has 8 heteroatoms. The third-order valence-corrected chi connectivity index (χ3v) is 5.00. The first kappa shape index (κ1) is 22.7. The standard InChI is InChI=1S/C23H27N3O4S/c1-15(2)14-30-20-8-5-4-7-18(20)24-21(27)16-9-10-17-19(13-16)25-23(31)26(22(17)28)11-6-12-29-3/h4-5,7-10,13,15H,6,11-12,14H2,1-3H3,(H,24,27)(H,25,31). The lowest BCUT2D eigenvalue weighted by molar-refractivity contribution is 0.102. The number of nitrogens with zero attached hydrogens (tertiary/aromatic N) is 1. The third-order valence-electron chi connectivity index (χ3n) is 4.68. The van der Waals surface area contributed by atoms with Gasteiger partial charge in [-0.15, -0.1) is 0 Å². The van der Waals surface area contributed by atoms with Crippen molar-refractivity contribution in [3.63, 3.8) is 0 Å². The van der Waals surface area contributed by atoms with Gasteiger partial charge in [-0.1, -0.05) is 26.0 Å². The molecule has 0 bridgehead atoms. The first-order valence-corrected chi connectivity index (χ1v) is 10.6. The predicted molar refractivity (Wildman–Crippen MR) is 125 cm³/mol. The Labute approximate surface area is 186 Å². The van der Waals surface area contributed by atoms with E-state index in [2.05, 4.69) is 24.1 Å². The van der Waals surface area contributed by atoms with E-state index in [0.717, 1.165) is 0 Å². The number of carbonyl (C=O) groups excluding carboxylic acids is 1. The first-order chi connectivity index (χ1) is 14.9. The number of aromatic nitrogens is 2. The highest BCUT2D eigenvalue weighted by molar-refractivity contribution is 7.71. The molecule has 1 aromatic heterocycles. The van der Waals surface area contributed by atoms with Gasteiger partial charge in [0.05, 0.1) is 23.2 Å². The molecule has 2 N–H and O–H groups in total. The van der Waals surface area contributed by atoms with Gasteiger partial charge in [0, 0.05) is 25.8 Å². The number of anilines is 1. The number of rotatable bonds is 9. The number of para-hydroxylation sites is 2. The summed E-state index contributed by atoms with van der Waals surface area (Å²) in [7, 11) is 1.62. The number of hydrogen-bond acceptors (Lipinski definition) is 5. The van der Waals surface area contributed by atoms with E-state index in [1.165, 1.54) is 4.57 Å². The largest absolute Gasteiger partial charge is 0.491 e. The summed E-state index contributed by atoms with van der Waals surface area (Å²) in [5.41, 5.74) is 1.34. The van der Waals surface area contributed by atoms with Crippen molar-refractivity contribution in [2.45, 2.75) is 26.8 Å². The maximum absolute atomic E-state index is 12.9. The molecule has 0 aliphatic heterocycles. The Morgan fingerprint density at radius 3 is 2.74 bits per heavy atom. The van der Waals surface area contributed by atoms with E-state index in [1.807, 2.05) is 18.2 Å². The number of aromatic amines is 1. The molecule has 31 heavy (non-hydrogen) atoms. The quantitative estimate of drug-likeness (QED) is 0.380. The first-order valence-electron chi connectivity index (χ1n) is 10.2. The van der Waals surface area contributed by atoms with Crippen molar-refractivity contribution in [3.8, 4) is 5.75 Å². The van der Waals surface area contributed by atoms with Crippen LogP contribution in [0.25, 0.3) is 10.9 Å². The van der Waals surface area contributed by atoms with Crippen LogP contribution in [0.3, 0.4) is 0 Å². The average molecular weight is 442 g/mol. The van der Waals surface area contributed by atoms with Gasteiger partial charge in [0.1, 0.15) is 5.75 Å². The van der Waals surface area contributed by atoms with Crippen LogP contribution in [-0.2, 0) is 11.3 Å². The van der Waals surface area contributed by atoms with E-state index in [4.69, 9.17) is 21.7 Å². The zero-order chi connectivity index (χ0) is 22.4. The van der Waals surface area contributed by atoms with Crippen molar-refractivity contribution < 1.29 is 14.3 Å². The predicted octanol–water partition coefficient (Wildman–Crippen LogP) is 4.38. The monoisotopic (exact) mass is 441 g/mol.